The molecule has 52 heavy (non-hydrogen) atoms. The molecule has 9 rings (SSSR count). The van der Waals surface area contributed by atoms with Crippen LogP contribution in [-0.4, -0.2) is 33.3 Å². The molecule has 0 radical (unpaired) electrons. The van der Waals surface area contributed by atoms with E-state index in [1.54, 1.807) is 0 Å². The fraction of sp³-hybridized carbons (Fsp3) is 0.133. The van der Waals surface area contributed by atoms with Crippen LogP contribution in [0, 0.1) is 0 Å². The Morgan fingerprint density at radius 1 is 0.442 bits per heavy atom. The highest BCUT2D eigenvalue weighted by atomic mass is 16.7. The Morgan fingerprint density at radius 2 is 0.942 bits per heavy atom. The summed E-state index contributed by atoms with van der Waals surface area (Å²) in [5, 5.41) is 1.87. The van der Waals surface area contributed by atoms with Crippen LogP contribution in [0.4, 0.5) is 0 Å². The van der Waals surface area contributed by atoms with Gasteiger partial charge in [0.05, 0.1) is 11.2 Å². The van der Waals surface area contributed by atoms with Crippen molar-refractivity contribution in [2.75, 3.05) is 0 Å². The molecular weight excluding hydrogens is 641 g/mol. The highest BCUT2D eigenvalue weighted by molar-refractivity contribution is 6.62. The molecular formula is C45H36BN3O3. The van der Waals surface area contributed by atoms with E-state index in [1.165, 1.54) is 0 Å². The van der Waals surface area contributed by atoms with Crippen LogP contribution < -0.4 is 5.46 Å². The van der Waals surface area contributed by atoms with Gasteiger partial charge < -0.3 is 13.7 Å². The molecule has 3 heterocycles. The van der Waals surface area contributed by atoms with Crippen molar-refractivity contribution >= 4 is 34.5 Å². The maximum atomic E-state index is 6.43. The molecule has 7 heteroatoms. The zero-order chi connectivity index (χ0) is 35.5. The van der Waals surface area contributed by atoms with Crippen molar-refractivity contribution in [3.63, 3.8) is 0 Å². The normalized spacial score (nSPS) is 15.0. The summed E-state index contributed by atoms with van der Waals surface area (Å²) in [5.41, 5.74) is 8.62. The summed E-state index contributed by atoms with van der Waals surface area (Å²) in [6.45, 7) is 8.27. The first-order valence-corrected chi connectivity index (χ1v) is 17.6. The van der Waals surface area contributed by atoms with Gasteiger partial charge in [0.25, 0.3) is 0 Å². The van der Waals surface area contributed by atoms with E-state index in [1.807, 2.05) is 36.4 Å². The lowest BCUT2D eigenvalue weighted by atomic mass is 9.78. The van der Waals surface area contributed by atoms with Gasteiger partial charge in [0.15, 0.2) is 17.5 Å². The molecule has 2 aromatic heterocycles. The SMILES string of the molecule is CC1(C)OB(c2ccc3oc4cccc(-c5nc(-c6cccc(-c7ccccc7)c6)nc(-c6cccc(-c7ccccc7)c6)n5)c4c3c2)OC1(C)C. The first-order chi connectivity index (χ1) is 25.2. The van der Waals surface area contributed by atoms with Gasteiger partial charge in [-0.1, -0.05) is 121 Å². The van der Waals surface area contributed by atoms with E-state index in [-0.39, 0.29) is 0 Å². The molecule has 0 bridgehead atoms. The summed E-state index contributed by atoms with van der Waals surface area (Å²) in [6, 6.07) is 49.6. The zero-order valence-corrected chi connectivity index (χ0v) is 29.5. The van der Waals surface area contributed by atoms with E-state index in [4.69, 9.17) is 28.7 Å². The van der Waals surface area contributed by atoms with Gasteiger partial charge in [-0.3, -0.25) is 0 Å². The average Bonchev–Trinajstić information content (AvgIpc) is 3.67. The Morgan fingerprint density at radius 3 is 1.52 bits per heavy atom. The van der Waals surface area contributed by atoms with Crippen LogP contribution in [0.2, 0.25) is 0 Å². The standard InChI is InChI=1S/C45H36BN3O3/c1-44(2)45(3,4)52-46(51-44)35-24-25-38-37(28-35)40-36(22-13-23-39(40)50-38)43-48-41(33-20-11-18-31(26-33)29-14-7-5-8-15-29)47-42(49-43)34-21-12-19-32(27-34)30-16-9-6-10-17-30/h5-28H,1-4H3. The summed E-state index contributed by atoms with van der Waals surface area (Å²) in [4.78, 5) is 15.5. The van der Waals surface area contributed by atoms with E-state index >= 15 is 0 Å². The molecule has 0 aliphatic carbocycles. The maximum Gasteiger partial charge on any atom is 0.494 e. The molecule has 6 nitrogen and oxygen atoms in total. The topological polar surface area (TPSA) is 70.3 Å². The number of benzene rings is 6. The second kappa shape index (κ2) is 12.4. The number of furan rings is 1. The third-order valence-electron chi connectivity index (χ3n) is 10.4. The fourth-order valence-electron chi connectivity index (χ4n) is 6.85. The van der Waals surface area contributed by atoms with Crippen LogP contribution in [0.15, 0.2) is 150 Å². The first-order valence-electron chi connectivity index (χ1n) is 17.6. The van der Waals surface area contributed by atoms with Crippen molar-refractivity contribution in [2.45, 2.75) is 38.9 Å². The van der Waals surface area contributed by atoms with Gasteiger partial charge in [-0.15, -0.1) is 0 Å². The monoisotopic (exact) mass is 677 g/mol. The lowest BCUT2D eigenvalue weighted by Gasteiger charge is -2.32. The second-order valence-electron chi connectivity index (χ2n) is 14.3. The quantitative estimate of drug-likeness (QED) is 0.163. The van der Waals surface area contributed by atoms with Crippen LogP contribution in [-0.2, 0) is 9.31 Å². The predicted octanol–water partition coefficient (Wildman–Crippen LogP) is 10.4. The van der Waals surface area contributed by atoms with E-state index < -0.39 is 18.3 Å². The number of hydrogen-bond acceptors (Lipinski definition) is 6. The number of fused-ring (bicyclic) bond motifs is 3. The largest absolute Gasteiger partial charge is 0.494 e. The van der Waals surface area contributed by atoms with Gasteiger partial charge in [0, 0.05) is 27.5 Å². The molecule has 252 valence electrons. The summed E-state index contributed by atoms with van der Waals surface area (Å²) >= 11 is 0. The van der Waals surface area contributed by atoms with E-state index in [0.717, 1.165) is 66.3 Å². The first kappa shape index (κ1) is 32.1. The molecule has 0 atom stereocenters. The summed E-state index contributed by atoms with van der Waals surface area (Å²) in [6.07, 6.45) is 0. The lowest BCUT2D eigenvalue weighted by Crippen LogP contribution is -2.41. The summed E-state index contributed by atoms with van der Waals surface area (Å²) < 4.78 is 19.3. The van der Waals surface area contributed by atoms with Crippen molar-refractivity contribution < 1.29 is 13.7 Å². The third-order valence-corrected chi connectivity index (χ3v) is 10.4. The smallest absolute Gasteiger partial charge is 0.456 e. The van der Waals surface area contributed by atoms with Crippen LogP contribution in [0.3, 0.4) is 0 Å². The maximum absolute atomic E-state index is 6.43. The van der Waals surface area contributed by atoms with Gasteiger partial charge in [-0.2, -0.15) is 0 Å². The molecule has 0 unspecified atom stereocenters. The van der Waals surface area contributed by atoms with Gasteiger partial charge in [0.2, 0.25) is 0 Å². The fourth-order valence-corrected chi connectivity index (χ4v) is 6.85. The molecule has 6 aromatic carbocycles. The Balaban J connectivity index is 1.23. The summed E-state index contributed by atoms with van der Waals surface area (Å²) in [7, 11) is -0.504. The molecule has 0 amide bonds. The van der Waals surface area contributed by atoms with Crippen LogP contribution in [0.1, 0.15) is 27.7 Å². The van der Waals surface area contributed by atoms with E-state index in [9.17, 15) is 0 Å². The minimum Gasteiger partial charge on any atom is -0.456 e. The van der Waals surface area contributed by atoms with Crippen LogP contribution in [0.5, 0.6) is 0 Å². The Labute approximate surface area is 303 Å². The van der Waals surface area contributed by atoms with Crippen molar-refractivity contribution in [3.8, 4) is 56.4 Å². The van der Waals surface area contributed by atoms with Crippen molar-refractivity contribution in [2.24, 2.45) is 0 Å². The van der Waals surface area contributed by atoms with Crippen molar-refractivity contribution in [1.29, 1.82) is 0 Å². The van der Waals surface area contributed by atoms with Gasteiger partial charge >= 0.3 is 7.12 Å². The Hall–Kier alpha value is -5.89. The summed E-state index contributed by atoms with van der Waals surface area (Å²) in [5.74, 6) is 1.74. The highest BCUT2D eigenvalue weighted by Crippen LogP contribution is 2.39. The van der Waals surface area contributed by atoms with Gasteiger partial charge in [-0.25, -0.2) is 15.0 Å². The zero-order valence-electron chi connectivity index (χ0n) is 29.5. The Kier molecular flexibility index (Phi) is 7.65. The Bertz CT molecular complexity index is 2480. The minimum absolute atomic E-state index is 0.455. The molecule has 1 aliphatic rings. The third kappa shape index (κ3) is 5.68. The molecule has 8 aromatic rings. The van der Waals surface area contributed by atoms with Crippen LogP contribution >= 0.6 is 0 Å². The molecule has 0 spiro atoms. The van der Waals surface area contributed by atoms with E-state index in [2.05, 4.69) is 137 Å². The van der Waals surface area contributed by atoms with Crippen molar-refractivity contribution in [1.82, 2.24) is 15.0 Å². The number of nitrogens with zero attached hydrogens (tertiary/aromatic N) is 3. The molecule has 0 N–H and O–H groups in total. The van der Waals surface area contributed by atoms with Gasteiger partial charge in [-0.05, 0) is 79.7 Å². The lowest BCUT2D eigenvalue weighted by molar-refractivity contribution is 0.00578. The van der Waals surface area contributed by atoms with E-state index in [0.29, 0.717) is 17.5 Å². The number of rotatable bonds is 6. The molecule has 1 fully saturated rings. The van der Waals surface area contributed by atoms with Crippen molar-refractivity contribution in [3.05, 3.63) is 146 Å². The molecule has 0 saturated carbocycles. The minimum atomic E-state index is -0.504. The second-order valence-corrected chi connectivity index (χ2v) is 14.3. The van der Waals surface area contributed by atoms with Gasteiger partial charge in [0.1, 0.15) is 11.2 Å². The highest BCUT2D eigenvalue weighted by Gasteiger charge is 2.51. The number of hydrogen-bond donors (Lipinski definition) is 0. The van der Waals surface area contributed by atoms with Crippen LogP contribution in [0.25, 0.3) is 78.4 Å². The molecule has 1 saturated heterocycles. The predicted molar refractivity (Wildman–Crippen MR) is 210 cm³/mol. The number of aromatic nitrogens is 3. The average molecular weight is 678 g/mol. The molecule has 1 aliphatic heterocycles.